The molecule has 0 aliphatic carbocycles. The summed E-state index contributed by atoms with van der Waals surface area (Å²) in [6, 6.07) is 9.60. The Labute approximate surface area is 171 Å². The molecule has 3 rings (SSSR count). The first-order valence-electron chi connectivity index (χ1n) is 8.87. The number of nitrogens with one attached hydrogen (secondary N) is 2. The smallest absolute Gasteiger partial charge is 0.325 e. The van der Waals surface area contributed by atoms with Gasteiger partial charge in [-0.15, -0.1) is 0 Å². The SMILES string of the molecule is COc1ccc(CN2C(=O)N[C@@H](CCC(=O)Nc3ccc(F)c(Cl)c3)C2=O)cc1. The fourth-order valence-electron chi connectivity index (χ4n) is 2.91. The fraction of sp³-hybridized carbons (Fsp3) is 0.250. The minimum atomic E-state index is -0.775. The molecule has 1 fully saturated rings. The van der Waals surface area contributed by atoms with Gasteiger partial charge in [-0.05, 0) is 42.3 Å². The Morgan fingerprint density at radius 1 is 1.24 bits per heavy atom. The average Bonchev–Trinajstić information content (AvgIpc) is 2.97. The second-order valence-corrected chi connectivity index (χ2v) is 6.90. The summed E-state index contributed by atoms with van der Waals surface area (Å²) in [6.45, 7) is 0.130. The van der Waals surface area contributed by atoms with Gasteiger partial charge in [0.25, 0.3) is 5.91 Å². The standard InChI is InChI=1S/C20H19ClFN3O4/c1-29-14-5-2-12(3-6-14)11-25-19(27)17(24-20(25)28)8-9-18(26)23-13-4-7-16(22)15(21)10-13/h2-7,10,17H,8-9,11H2,1H3,(H,23,26)(H,24,28)/t17-/m0/s1. The first-order chi connectivity index (χ1) is 13.9. The van der Waals surface area contributed by atoms with Crippen LogP contribution in [0.1, 0.15) is 18.4 Å². The van der Waals surface area contributed by atoms with Gasteiger partial charge in [-0.25, -0.2) is 9.18 Å². The lowest BCUT2D eigenvalue weighted by molar-refractivity contribution is -0.128. The van der Waals surface area contributed by atoms with Crippen molar-refractivity contribution in [3.8, 4) is 5.75 Å². The predicted octanol–water partition coefficient (Wildman–Crippen LogP) is 3.33. The number of hydrogen-bond donors (Lipinski definition) is 2. The maximum atomic E-state index is 13.2. The Balaban J connectivity index is 1.53. The van der Waals surface area contributed by atoms with Gasteiger partial charge in [0, 0.05) is 12.1 Å². The van der Waals surface area contributed by atoms with Gasteiger partial charge in [-0.3, -0.25) is 14.5 Å². The number of halogens is 2. The van der Waals surface area contributed by atoms with Crippen LogP contribution in [-0.4, -0.2) is 35.9 Å². The number of carbonyl (C=O) groups is 3. The van der Waals surface area contributed by atoms with Crippen LogP contribution in [0.5, 0.6) is 5.75 Å². The molecule has 1 heterocycles. The van der Waals surface area contributed by atoms with Crippen molar-refractivity contribution in [3.63, 3.8) is 0 Å². The summed E-state index contributed by atoms with van der Waals surface area (Å²) in [5.74, 6) is -0.662. The van der Waals surface area contributed by atoms with Crippen LogP contribution in [0.25, 0.3) is 0 Å². The van der Waals surface area contributed by atoms with Crippen molar-refractivity contribution in [1.82, 2.24) is 10.2 Å². The first kappa shape index (κ1) is 20.6. The van der Waals surface area contributed by atoms with E-state index in [2.05, 4.69) is 10.6 Å². The van der Waals surface area contributed by atoms with Gasteiger partial charge < -0.3 is 15.4 Å². The summed E-state index contributed by atoms with van der Waals surface area (Å²) < 4.78 is 18.3. The van der Waals surface area contributed by atoms with E-state index < -0.39 is 17.9 Å². The zero-order chi connectivity index (χ0) is 21.0. The van der Waals surface area contributed by atoms with E-state index in [1.54, 1.807) is 31.4 Å². The fourth-order valence-corrected chi connectivity index (χ4v) is 3.09. The van der Waals surface area contributed by atoms with E-state index in [0.29, 0.717) is 11.4 Å². The van der Waals surface area contributed by atoms with Crippen LogP contribution in [0, 0.1) is 5.82 Å². The number of urea groups is 1. The van der Waals surface area contributed by atoms with Crippen LogP contribution < -0.4 is 15.4 Å². The second-order valence-electron chi connectivity index (χ2n) is 6.49. The molecule has 7 nitrogen and oxygen atoms in total. The molecule has 2 aromatic rings. The molecule has 2 aromatic carbocycles. The lowest BCUT2D eigenvalue weighted by Gasteiger charge is -2.13. The highest BCUT2D eigenvalue weighted by Crippen LogP contribution is 2.20. The number of carbonyl (C=O) groups excluding carboxylic acids is 3. The Morgan fingerprint density at radius 3 is 2.62 bits per heavy atom. The van der Waals surface area contributed by atoms with Crippen molar-refractivity contribution in [2.24, 2.45) is 0 Å². The molecular weight excluding hydrogens is 401 g/mol. The van der Waals surface area contributed by atoms with Gasteiger partial charge in [0.15, 0.2) is 0 Å². The van der Waals surface area contributed by atoms with Crippen LogP contribution in [0.15, 0.2) is 42.5 Å². The van der Waals surface area contributed by atoms with Crippen LogP contribution in [0.2, 0.25) is 5.02 Å². The molecule has 0 unspecified atom stereocenters. The van der Waals surface area contributed by atoms with Gasteiger partial charge in [-0.2, -0.15) is 0 Å². The van der Waals surface area contributed by atoms with Crippen molar-refractivity contribution in [1.29, 1.82) is 0 Å². The van der Waals surface area contributed by atoms with Gasteiger partial charge in [0.1, 0.15) is 17.6 Å². The zero-order valence-corrected chi connectivity index (χ0v) is 16.3. The number of methoxy groups -OCH3 is 1. The number of nitrogens with zero attached hydrogens (tertiary/aromatic N) is 1. The molecule has 0 spiro atoms. The number of rotatable bonds is 7. The highest BCUT2D eigenvalue weighted by atomic mass is 35.5. The Bertz CT molecular complexity index is 936. The molecule has 1 aliphatic heterocycles. The molecule has 1 atom stereocenters. The van der Waals surface area contributed by atoms with Crippen molar-refractivity contribution < 1.29 is 23.5 Å². The summed E-state index contributed by atoms with van der Waals surface area (Å²) in [5.41, 5.74) is 1.13. The topological polar surface area (TPSA) is 87.7 Å². The van der Waals surface area contributed by atoms with E-state index in [9.17, 15) is 18.8 Å². The maximum Gasteiger partial charge on any atom is 0.325 e. The van der Waals surface area contributed by atoms with Crippen molar-refractivity contribution in [2.75, 3.05) is 12.4 Å². The molecule has 4 amide bonds. The normalized spacial score (nSPS) is 16.0. The van der Waals surface area contributed by atoms with Crippen molar-refractivity contribution in [3.05, 3.63) is 58.9 Å². The largest absolute Gasteiger partial charge is 0.497 e. The van der Waals surface area contributed by atoms with Crippen LogP contribution in [0.4, 0.5) is 14.9 Å². The number of benzene rings is 2. The van der Waals surface area contributed by atoms with Gasteiger partial charge in [0.05, 0.1) is 18.7 Å². The van der Waals surface area contributed by atoms with E-state index in [1.807, 2.05) is 0 Å². The molecule has 0 aromatic heterocycles. The molecule has 1 aliphatic rings. The molecule has 0 saturated carbocycles. The summed E-state index contributed by atoms with van der Waals surface area (Å²) in [6.07, 6.45) is 0.145. The van der Waals surface area contributed by atoms with Gasteiger partial charge >= 0.3 is 6.03 Å². The van der Waals surface area contributed by atoms with Crippen molar-refractivity contribution in [2.45, 2.75) is 25.4 Å². The van der Waals surface area contributed by atoms with E-state index >= 15 is 0 Å². The highest BCUT2D eigenvalue weighted by Gasteiger charge is 2.37. The number of imide groups is 1. The minimum absolute atomic E-state index is 0.00204. The van der Waals surface area contributed by atoms with Gasteiger partial charge in [0.2, 0.25) is 5.91 Å². The third-order valence-corrected chi connectivity index (χ3v) is 4.76. The monoisotopic (exact) mass is 419 g/mol. The Hall–Kier alpha value is -3.13. The maximum absolute atomic E-state index is 13.2. The summed E-state index contributed by atoms with van der Waals surface area (Å²) in [7, 11) is 1.55. The molecule has 9 heteroatoms. The second kappa shape index (κ2) is 8.91. The third kappa shape index (κ3) is 5.03. The van der Waals surface area contributed by atoms with Crippen LogP contribution >= 0.6 is 11.6 Å². The number of hydrogen-bond acceptors (Lipinski definition) is 4. The minimum Gasteiger partial charge on any atom is -0.497 e. The quantitative estimate of drug-likeness (QED) is 0.674. The predicted molar refractivity (Wildman–Crippen MR) is 105 cm³/mol. The molecular formula is C20H19ClFN3O4. The zero-order valence-electron chi connectivity index (χ0n) is 15.6. The molecule has 1 saturated heterocycles. The summed E-state index contributed by atoms with van der Waals surface area (Å²) in [5, 5.41) is 5.08. The van der Waals surface area contributed by atoms with Crippen LogP contribution in [0.3, 0.4) is 0 Å². The number of anilines is 1. The van der Waals surface area contributed by atoms with E-state index in [-0.39, 0.29) is 36.2 Å². The van der Waals surface area contributed by atoms with Crippen molar-refractivity contribution >= 4 is 35.1 Å². The molecule has 29 heavy (non-hydrogen) atoms. The highest BCUT2D eigenvalue weighted by molar-refractivity contribution is 6.31. The number of ether oxygens (including phenoxy) is 1. The number of amides is 4. The molecule has 2 N–H and O–H groups in total. The molecule has 0 radical (unpaired) electrons. The van der Waals surface area contributed by atoms with Gasteiger partial charge in [-0.1, -0.05) is 23.7 Å². The van der Waals surface area contributed by atoms with Crippen LogP contribution in [-0.2, 0) is 16.1 Å². The van der Waals surface area contributed by atoms with E-state index in [1.165, 1.54) is 12.1 Å². The lowest BCUT2D eigenvalue weighted by Crippen LogP contribution is -2.31. The Morgan fingerprint density at radius 2 is 1.97 bits per heavy atom. The summed E-state index contributed by atoms with van der Waals surface area (Å²) in [4.78, 5) is 37.9. The molecule has 0 bridgehead atoms. The lowest BCUT2D eigenvalue weighted by atomic mass is 10.1. The first-order valence-corrected chi connectivity index (χ1v) is 9.25. The average molecular weight is 420 g/mol. The van der Waals surface area contributed by atoms with E-state index in [0.717, 1.165) is 16.5 Å². The third-order valence-electron chi connectivity index (χ3n) is 4.47. The Kier molecular flexibility index (Phi) is 6.33. The summed E-state index contributed by atoms with van der Waals surface area (Å²) >= 11 is 5.68. The molecule has 152 valence electrons. The van der Waals surface area contributed by atoms with E-state index in [4.69, 9.17) is 16.3 Å².